The van der Waals surface area contributed by atoms with Gasteiger partial charge in [-0.15, -0.1) is 0 Å². The zero-order valence-electron chi connectivity index (χ0n) is 6.82. The van der Waals surface area contributed by atoms with Crippen molar-refractivity contribution in [1.29, 1.82) is 5.26 Å². The van der Waals surface area contributed by atoms with Gasteiger partial charge in [0.05, 0.1) is 0 Å². The maximum atomic E-state index is 8.56. The molecule has 0 radical (unpaired) electrons. The van der Waals surface area contributed by atoms with Crippen molar-refractivity contribution in [3.8, 4) is 6.07 Å². The fraction of sp³-hybridized carbons (Fsp3) is 0. The molecule has 0 atom stereocenters. The molecule has 3 heteroatoms. The molecule has 0 saturated carbocycles. The lowest BCUT2D eigenvalue weighted by Gasteiger charge is -1.83. The Bertz CT molecular complexity index is 472. The van der Waals surface area contributed by atoms with Crippen molar-refractivity contribution < 1.29 is 4.42 Å². The van der Waals surface area contributed by atoms with E-state index in [0.717, 1.165) is 5.52 Å². The highest BCUT2D eigenvalue weighted by Gasteiger charge is 2.06. The maximum Gasteiger partial charge on any atom is 0.237 e. The summed E-state index contributed by atoms with van der Waals surface area (Å²) in [4.78, 5) is 4.09. The van der Waals surface area contributed by atoms with Gasteiger partial charge in [0.15, 0.2) is 5.58 Å². The number of nitriles is 1. The molecule has 62 valence electrons. The predicted octanol–water partition coefficient (Wildman–Crippen LogP) is 2.36. The molecule has 0 fully saturated rings. The highest BCUT2D eigenvalue weighted by Crippen LogP contribution is 2.18. The van der Waals surface area contributed by atoms with Crippen LogP contribution in [0.3, 0.4) is 0 Å². The van der Waals surface area contributed by atoms with Gasteiger partial charge in [0.2, 0.25) is 5.89 Å². The number of allylic oxidation sites excluding steroid dienone is 1. The molecule has 0 unspecified atom stereocenters. The number of nitrogens with zero attached hydrogens (tertiary/aromatic N) is 2. The summed E-state index contributed by atoms with van der Waals surface area (Å²) >= 11 is 0. The lowest BCUT2D eigenvalue weighted by Crippen LogP contribution is -1.76. The van der Waals surface area contributed by atoms with E-state index in [1.165, 1.54) is 0 Å². The largest absolute Gasteiger partial charge is 0.435 e. The van der Waals surface area contributed by atoms with Gasteiger partial charge in [-0.05, 0) is 12.1 Å². The molecule has 0 bridgehead atoms. The Morgan fingerprint density at radius 1 is 1.46 bits per heavy atom. The normalized spacial score (nSPS) is 9.77. The van der Waals surface area contributed by atoms with Crippen LogP contribution in [-0.2, 0) is 0 Å². The summed E-state index contributed by atoms with van der Waals surface area (Å²) in [6.07, 6.45) is 0. The molecule has 2 rings (SSSR count). The van der Waals surface area contributed by atoms with E-state index in [4.69, 9.17) is 9.68 Å². The highest BCUT2D eigenvalue weighted by atomic mass is 16.3. The Morgan fingerprint density at radius 2 is 2.23 bits per heavy atom. The standard InChI is InChI=1S/C10H6N2O/c1-7(6-11)10-12-8-4-2-3-5-9(8)13-10/h2-5H,1H2. The van der Waals surface area contributed by atoms with Crippen LogP contribution in [-0.4, -0.2) is 4.98 Å². The average Bonchev–Trinajstić information content (AvgIpc) is 2.59. The molecule has 0 spiro atoms. The molecule has 0 aliphatic heterocycles. The van der Waals surface area contributed by atoms with Gasteiger partial charge >= 0.3 is 0 Å². The minimum atomic E-state index is 0.246. The van der Waals surface area contributed by atoms with Crippen LogP contribution >= 0.6 is 0 Å². The zero-order chi connectivity index (χ0) is 9.26. The Hall–Kier alpha value is -2.08. The van der Waals surface area contributed by atoms with Gasteiger partial charge in [-0.3, -0.25) is 0 Å². The molecule has 0 saturated heterocycles. The van der Waals surface area contributed by atoms with Crippen molar-refractivity contribution in [2.75, 3.05) is 0 Å². The molecular weight excluding hydrogens is 164 g/mol. The first kappa shape index (κ1) is 7.56. The van der Waals surface area contributed by atoms with E-state index in [0.29, 0.717) is 11.5 Å². The van der Waals surface area contributed by atoms with Crippen LogP contribution in [0.25, 0.3) is 16.7 Å². The highest BCUT2D eigenvalue weighted by molar-refractivity contribution is 5.78. The Morgan fingerprint density at radius 3 is 2.92 bits per heavy atom. The van der Waals surface area contributed by atoms with Gasteiger partial charge in [-0.2, -0.15) is 5.26 Å². The lowest BCUT2D eigenvalue weighted by molar-refractivity contribution is 0.586. The summed E-state index contributed by atoms with van der Waals surface area (Å²) in [6, 6.07) is 9.24. The molecule has 0 aliphatic rings. The molecule has 1 heterocycles. The third-order valence-corrected chi connectivity index (χ3v) is 1.69. The number of rotatable bonds is 1. The van der Waals surface area contributed by atoms with Crippen molar-refractivity contribution in [2.45, 2.75) is 0 Å². The molecule has 1 aromatic carbocycles. The van der Waals surface area contributed by atoms with Crippen LogP contribution in [0, 0.1) is 11.3 Å². The summed E-state index contributed by atoms with van der Waals surface area (Å²) in [7, 11) is 0. The predicted molar refractivity (Wildman–Crippen MR) is 48.7 cm³/mol. The Labute approximate surface area is 74.9 Å². The van der Waals surface area contributed by atoms with Crippen molar-refractivity contribution in [3.63, 3.8) is 0 Å². The van der Waals surface area contributed by atoms with Gasteiger partial charge in [-0.1, -0.05) is 18.7 Å². The van der Waals surface area contributed by atoms with E-state index < -0.39 is 0 Å². The first-order chi connectivity index (χ1) is 6.31. The monoisotopic (exact) mass is 170 g/mol. The quantitative estimate of drug-likeness (QED) is 0.617. The molecule has 2 aromatic rings. The molecule has 0 aliphatic carbocycles. The fourth-order valence-corrected chi connectivity index (χ4v) is 1.05. The number of fused-ring (bicyclic) bond motifs is 1. The Balaban J connectivity index is 2.64. The summed E-state index contributed by atoms with van der Waals surface area (Å²) < 4.78 is 5.29. The minimum Gasteiger partial charge on any atom is -0.435 e. The van der Waals surface area contributed by atoms with E-state index in [1.54, 1.807) is 6.07 Å². The second kappa shape index (κ2) is 2.76. The van der Waals surface area contributed by atoms with Gasteiger partial charge in [0.1, 0.15) is 17.2 Å². The van der Waals surface area contributed by atoms with Gasteiger partial charge in [0.25, 0.3) is 0 Å². The SMILES string of the molecule is C=C(C#N)c1nc2ccccc2o1. The fourth-order valence-electron chi connectivity index (χ4n) is 1.05. The van der Waals surface area contributed by atoms with E-state index in [2.05, 4.69) is 11.6 Å². The van der Waals surface area contributed by atoms with Crippen molar-refractivity contribution in [1.82, 2.24) is 4.98 Å². The summed E-state index contributed by atoms with van der Waals surface area (Å²) in [5.74, 6) is 0.295. The van der Waals surface area contributed by atoms with E-state index >= 15 is 0 Å². The smallest absolute Gasteiger partial charge is 0.237 e. The average molecular weight is 170 g/mol. The number of aromatic nitrogens is 1. The van der Waals surface area contributed by atoms with E-state index in [9.17, 15) is 0 Å². The second-order valence-electron chi connectivity index (χ2n) is 2.58. The number of hydrogen-bond donors (Lipinski definition) is 0. The van der Waals surface area contributed by atoms with Crippen LogP contribution in [0.2, 0.25) is 0 Å². The number of benzene rings is 1. The number of para-hydroxylation sites is 2. The Kier molecular flexibility index (Phi) is 1.60. The number of hydrogen-bond acceptors (Lipinski definition) is 3. The van der Waals surface area contributed by atoms with E-state index in [1.807, 2.05) is 24.3 Å². The lowest BCUT2D eigenvalue weighted by atomic mass is 10.3. The summed E-state index contributed by atoms with van der Waals surface area (Å²) in [6.45, 7) is 3.52. The molecule has 0 N–H and O–H groups in total. The third-order valence-electron chi connectivity index (χ3n) is 1.69. The topological polar surface area (TPSA) is 49.8 Å². The van der Waals surface area contributed by atoms with Crippen molar-refractivity contribution in [2.24, 2.45) is 0 Å². The van der Waals surface area contributed by atoms with Crippen molar-refractivity contribution >= 4 is 16.7 Å². The molecule has 1 aromatic heterocycles. The van der Waals surface area contributed by atoms with Crippen LogP contribution in [0.4, 0.5) is 0 Å². The minimum absolute atomic E-state index is 0.246. The molecule has 3 nitrogen and oxygen atoms in total. The van der Waals surface area contributed by atoms with Crippen LogP contribution in [0.15, 0.2) is 35.3 Å². The van der Waals surface area contributed by atoms with Crippen LogP contribution in [0.1, 0.15) is 5.89 Å². The van der Waals surface area contributed by atoms with Gasteiger partial charge in [0, 0.05) is 0 Å². The second-order valence-corrected chi connectivity index (χ2v) is 2.58. The maximum absolute atomic E-state index is 8.56. The molecular formula is C10H6N2O. The van der Waals surface area contributed by atoms with E-state index in [-0.39, 0.29) is 5.57 Å². The van der Waals surface area contributed by atoms with Gasteiger partial charge in [-0.25, -0.2) is 4.98 Å². The first-order valence-electron chi connectivity index (χ1n) is 3.76. The zero-order valence-corrected chi connectivity index (χ0v) is 6.82. The van der Waals surface area contributed by atoms with Gasteiger partial charge < -0.3 is 4.42 Å². The first-order valence-corrected chi connectivity index (χ1v) is 3.76. The number of oxazole rings is 1. The third kappa shape index (κ3) is 1.18. The molecule has 13 heavy (non-hydrogen) atoms. The van der Waals surface area contributed by atoms with Crippen molar-refractivity contribution in [3.05, 3.63) is 36.7 Å². The van der Waals surface area contributed by atoms with Crippen LogP contribution in [0.5, 0.6) is 0 Å². The summed E-state index contributed by atoms with van der Waals surface area (Å²) in [5.41, 5.74) is 1.67. The van der Waals surface area contributed by atoms with Crippen LogP contribution < -0.4 is 0 Å². The molecule has 0 amide bonds. The summed E-state index contributed by atoms with van der Waals surface area (Å²) in [5, 5.41) is 8.56.